The number of carbonyl (C=O) groups excluding carboxylic acids is 1. The minimum absolute atomic E-state index is 0.0322. The third-order valence-corrected chi connectivity index (χ3v) is 5.63. The van der Waals surface area contributed by atoms with E-state index in [9.17, 15) is 4.79 Å². The summed E-state index contributed by atoms with van der Waals surface area (Å²) in [5.41, 5.74) is 4.38. The average Bonchev–Trinajstić information content (AvgIpc) is 3.12. The van der Waals surface area contributed by atoms with Gasteiger partial charge in [-0.15, -0.1) is 0 Å². The standard InChI is InChI=1S/C24H28N4O2/c1-5-27(6-2)23(29)21-16(4)25-24-26-18-13-9-10-14-19(18)28(24)22(21)17-12-8-11-15-20(17)30-7-3/h8-15,22H,5-7H2,1-4H3,(H,25,26)/t22-/m0/s1. The van der Waals surface area contributed by atoms with Gasteiger partial charge >= 0.3 is 0 Å². The number of amides is 1. The fraction of sp³-hybridized carbons (Fsp3) is 0.333. The molecule has 1 aliphatic heterocycles. The minimum atomic E-state index is -0.329. The van der Waals surface area contributed by atoms with E-state index in [4.69, 9.17) is 9.72 Å². The molecule has 0 spiro atoms. The monoisotopic (exact) mass is 404 g/mol. The highest BCUT2D eigenvalue weighted by atomic mass is 16.5. The van der Waals surface area contributed by atoms with Crippen LogP contribution in [0.25, 0.3) is 11.0 Å². The quantitative estimate of drug-likeness (QED) is 0.653. The third-order valence-electron chi connectivity index (χ3n) is 5.63. The summed E-state index contributed by atoms with van der Waals surface area (Å²) in [6, 6.07) is 15.7. The van der Waals surface area contributed by atoms with Crippen LogP contribution in [-0.4, -0.2) is 40.1 Å². The highest BCUT2D eigenvalue weighted by molar-refractivity contribution is 5.98. The van der Waals surface area contributed by atoms with Gasteiger partial charge in [-0.2, -0.15) is 0 Å². The van der Waals surface area contributed by atoms with Crippen molar-refractivity contribution in [1.29, 1.82) is 0 Å². The molecule has 30 heavy (non-hydrogen) atoms. The van der Waals surface area contributed by atoms with Gasteiger partial charge < -0.3 is 15.0 Å². The Hall–Kier alpha value is -3.28. The highest BCUT2D eigenvalue weighted by Crippen LogP contribution is 2.42. The lowest BCUT2D eigenvalue weighted by atomic mass is 9.93. The first-order valence-electron chi connectivity index (χ1n) is 10.6. The number of hydrogen-bond donors (Lipinski definition) is 1. The molecule has 0 unspecified atom stereocenters. The number of allylic oxidation sites excluding steroid dienone is 1. The van der Waals surface area contributed by atoms with Crippen molar-refractivity contribution < 1.29 is 9.53 Å². The van der Waals surface area contributed by atoms with Crippen LogP contribution in [0, 0.1) is 0 Å². The molecule has 156 valence electrons. The number of nitrogens with one attached hydrogen (secondary N) is 1. The molecule has 0 saturated carbocycles. The molecule has 1 amide bonds. The van der Waals surface area contributed by atoms with E-state index in [1.54, 1.807) is 0 Å². The van der Waals surface area contributed by atoms with Gasteiger partial charge in [0.15, 0.2) is 0 Å². The summed E-state index contributed by atoms with van der Waals surface area (Å²) in [4.78, 5) is 20.3. The first-order valence-corrected chi connectivity index (χ1v) is 10.6. The van der Waals surface area contributed by atoms with Crippen molar-refractivity contribution in [1.82, 2.24) is 14.5 Å². The number of likely N-dealkylation sites (N-methyl/N-ethyl adjacent to an activating group) is 1. The first-order chi connectivity index (χ1) is 14.6. The Kier molecular flexibility index (Phi) is 5.48. The molecule has 0 saturated heterocycles. The molecule has 0 fully saturated rings. The van der Waals surface area contributed by atoms with Gasteiger partial charge in [0.1, 0.15) is 5.75 Å². The lowest BCUT2D eigenvalue weighted by Crippen LogP contribution is -2.38. The summed E-state index contributed by atoms with van der Waals surface area (Å²) in [6.07, 6.45) is 0. The van der Waals surface area contributed by atoms with E-state index in [1.165, 1.54) is 0 Å². The van der Waals surface area contributed by atoms with Crippen molar-refractivity contribution in [2.45, 2.75) is 33.7 Å². The van der Waals surface area contributed by atoms with E-state index in [-0.39, 0.29) is 11.9 Å². The number of imidazole rings is 1. The fourth-order valence-electron chi connectivity index (χ4n) is 4.21. The Morgan fingerprint density at radius 1 is 1.10 bits per heavy atom. The predicted octanol–water partition coefficient (Wildman–Crippen LogP) is 4.59. The van der Waals surface area contributed by atoms with Crippen LogP contribution in [0.1, 0.15) is 39.3 Å². The van der Waals surface area contributed by atoms with Gasteiger partial charge in [0.2, 0.25) is 5.95 Å². The molecular formula is C24H28N4O2. The molecule has 2 heterocycles. The van der Waals surface area contributed by atoms with Crippen LogP contribution in [0.4, 0.5) is 5.95 Å². The Bertz CT molecular complexity index is 1110. The molecule has 3 aromatic rings. The fourth-order valence-corrected chi connectivity index (χ4v) is 4.21. The van der Waals surface area contributed by atoms with Crippen molar-refractivity contribution in [3.63, 3.8) is 0 Å². The third kappa shape index (κ3) is 3.22. The molecule has 4 rings (SSSR count). The number of hydrogen-bond acceptors (Lipinski definition) is 4. The predicted molar refractivity (Wildman–Crippen MR) is 120 cm³/mol. The second kappa shape index (κ2) is 8.22. The number of ether oxygens (including phenoxy) is 1. The average molecular weight is 405 g/mol. The maximum atomic E-state index is 13.6. The Morgan fingerprint density at radius 3 is 2.53 bits per heavy atom. The van der Waals surface area contributed by atoms with Crippen molar-refractivity contribution in [2.75, 3.05) is 25.0 Å². The molecule has 0 aliphatic carbocycles. The second-order valence-corrected chi connectivity index (χ2v) is 7.31. The van der Waals surface area contributed by atoms with Crippen molar-refractivity contribution >= 4 is 22.9 Å². The topological polar surface area (TPSA) is 59.4 Å². The van der Waals surface area contributed by atoms with E-state index in [2.05, 4.69) is 9.88 Å². The minimum Gasteiger partial charge on any atom is -0.494 e. The molecule has 1 aromatic heterocycles. The highest BCUT2D eigenvalue weighted by Gasteiger charge is 2.36. The molecule has 1 N–H and O–H groups in total. The van der Waals surface area contributed by atoms with Crippen LogP contribution in [0.5, 0.6) is 5.75 Å². The van der Waals surface area contributed by atoms with Crippen LogP contribution < -0.4 is 10.1 Å². The Labute approximate surface area is 177 Å². The maximum absolute atomic E-state index is 13.6. The van der Waals surface area contributed by atoms with Gasteiger partial charge in [0.05, 0.1) is 29.3 Å². The molecule has 6 nitrogen and oxygen atoms in total. The maximum Gasteiger partial charge on any atom is 0.253 e. The normalized spacial score (nSPS) is 15.7. The zero-order valence-corrected chi connectivity index (χ0v) is 18.0. The van der Waals surface area contributed by atoms with Gasteiger partial charge in [-0.3, -0.25) is 9.36 Å². The summed E-state index contributed by atoms with van der Waals surface area (Å²) >= 11 is 0. The summed E-state index contributed by atoms with van der Waals surface area (Å²) < 4.78 is 8.09. The van der Waals surface area contributed by atoms with Crippen LogP contribution >= 0.6 is 0 Å². The molecule has 0 bridgehead atoms. The van der Waals surface area contributed by atoms with Crippen LogP contribution in [0.15, 0.2) is 59.8 Å². The first kappa shape index (κ1) is 20.0. The summed E-state index contributed by atoms with van der Waals surface area (Å²) in [5.74, 6) is 1.55. The van der Waals surface area contributed by atoms with Crippen molar-refractivity contribution in [3.05, 3.63) is 65.4 Å². The molecule has 0 radical (unpaired) electrons. The van der Waals surface area contributed by atoms with Gasteiger partial charge in [0, 0.05) is 24.4 Å². The van der Waals surface area contributed by atoms with E-state index >= 15 is 0 Å². The lowest BCUT2D eigenvalue weighted by molar-refractivity contribution is -0.127. The number of carbonyl (C=O) groups is 1. The number of anilines is 1. The number of aromatic nitrogens is 2. The second-order valence-electron chi connectivity index (χ2n) is 7.31. The van der Waals surface area contributed by atoms with Crippen molar-refractivity contribution in [3.8, 4) is 5.75 Å². The number of para-hydroxylation sites is 3. The van der Waals surface area contributed by atoms with Crippen LogP contribution in [-0.2, 0) is 4.79 Å². The van der Waals surface area contributed by atoms with Gasteiger partial charge in [-0.1, -0.05) is 30.3 Å². The van der Waals surface area contributed by atoms with Crippen LogP contribution in [0.3, 0.4) is 0 Å². The SMILES string of the molecule is CCOc1ccccc1[C@H]1C(C(=O)N(CC)CC)=C(C)Nc2nc3ccccc3n21. The zero-order valence-electron chi connectivity index (χ0n) is 18.0. The molecule has 6 heteroatoms. The summed E-state index contributed by atoms with van der Waals surface area (Å²) in [7, 11) is 0. The number of fused-ring (bicyclic) bond motifs is 3. The van der Waals surface area contributed by atoms with Gasteiger partial charge in [0.25, 0.3) is 5.91 Å². The van der Waals surface area contributed by atoms with E-state index in [0.29, 0.717) is 19.7 Å². The Morgan fingerprint density at radius 2 is 1.80 bits per heavy atom. The molecule has 1 atom stereocenters. The smallest absolute Gasteiger partial charge is 0.253 e. The number of benzene rings is 2. The van der Waals surface area contributed by atoms with Crippen LogP contribution in [0.2, 0.25) is 0 Å². The summed E-state index contributed by atoms with van der Waals surface area (Å²) in [6.45, 7) is 9.81. The number of nitrogens with zero attached hydrogens (tertiary/aromatic N) is 3. The Balaban J connectivity index is 1.99. The van der Waals surface area contributed by atoms with Gasteiger partial charge in [-0.25, -0.2) is 4.98 Å². The number of rotatable bonds is 6. The molecule has 1 aliphatic rings. The summed E-state index contributed by atoms with van der Waals surface area (Å²) in [5, 5.41) is 3.38. The lowest BCUT2D eigenvalue weighted by Gasteiger charge is -2.33. The van der Waals surface area contributed by atoms with E-state index < -0.39 is 0 Å². The van der Waals surface area contributed by atoms with E-state index in [1.807, 2.05) is 81.1 Å². The van der Waals surface area contributed by atoms with E-state index in [0.717, 1.165) is 39.6 Å². The molecule has 2 aromatic carbocycles. The zero-order chi connectivity index (χ0) is 21.3. The molecular weight excluding hydrogens is 376 g/mol. The van der Waals surface area contributed by atoms with Crippen molar-refractivity contribution in [2.24, 2.45) is 0 Å². The van der Waals surface area contributed by atoms with Gasteiger partial charge in [-0.05, 0) is 45.9 Å². The largest absolute Gasteiger partial charge is 0.494 e.